The minimum absolute atomic E-state index is 0.157. The van der Waals surface area contributed by atoms with Crippen molar-refractivity contribution in [2.45, 2.75) is 39.3 Å². The molecule has 0 saturated carbocycles. The number of aromatic nitrogens is 3. The van der Waals surface area contributed by atoms with Gasteiger partial charge < -0.3 is 20.1 Å². The fourth-order valence-electron chi connectivity index (χ4n) is 3.89. The predicted molar refractivity (Wildman–Crippen MR) is 117 cm³/mol. The first-order valence-electron chi connectivity index (χ1n) is 10.2. The molecule has 0 spiro atoms. The summed E-state index contributed by atoms with van der Waals surface area (Å²) in [5.41, 5.74) is 4.01. The molecule has 0 bridgehead atoms. The number of amides is 1. The lowest BCUT2D eigenvalue weighted by Crippen LogP contribution is -2.34. The van der Waals surface area contributed by atoms with Crippen LogP contribution in [0.5, 0.6) is 5.75 Å². The lowest BCUT2D eigenvalue weighted by atomic mass is 9.98. The number of hydrogen-bond acceptors (Lipinski definition) is 6. The summed E-state index contributed by atoms with van der Waals surface area (Å²) in [7, 11) is 1.61. The van der Waals surface area contributed by atoms with Crippen molar-refractivity contribution in [2.24, 2.45) is 0 Å². The lowest BCUT2D eigenvalue weighted by Gasteiger charge is -2.29. The van der Waals surface area contributed by atoms with E-state index in [9.17, 15) is 9.59 Å². The first-order chi connectivity index (χ1) is 14.9. The van der Waals surface area contributed by atoms with Crippen molar-refractivity contribution in [1.29, 1.82) is 0 Å². The van der Waals surface area contributed by atoms with Crippen LogP contribution in [-0.4, -0.2) is 39.8 Å². The predicted octanol–water partition coefficient (Wildman–Crippen LogP) is 2.78. The van der Waals surface area contributed by atoms with Crippen molar-refractivity contribution < 1.29 is 14.6 Å². The number of hydrogen-bond donors (Lipinski definition) is 3. The number of methoxy groups -OCH3 is 1. The molecule has 0 saturated heterocycles. The monoisotopic (exact) mass is 423 g/mol. The Bertz CT molecular complexity index is 1200. The van der Waals surface area contributed by atoms with E-state index in [1.165, 1.54) is 0 Å². The van der Waals surface area contributed by atoms with E-state index in [2.05, 4.69) is 15.3 Å². The van der Waals surface area contributed by atoms with Gasteiger partial charge in [0, 0.05) is 31.3 Å². The molecule has 0 atom stereocenters. The number of H-pyrrole nitrogens is 1. The van der Waals surface area contributed by atoms with Crippen LogP contribution in [0.15, 0.2) is 29.1 Å². The standard InChI is InChI=1S/C22H25N5O4/c1-12(2)16-8-15(31-3)9-18-19(16)20(28)26-21(25-18)27-7-6-17-13(11-27)4-5-14(24-17)10-23-22(29)30/h4-5,8-9,12,23H,6-7,10-11H2,1-3H3,(H,29,30)(H,25,26,28). The zero-order valence-corrected chi connectivity index (χ0v) is 17.7. The van der Waals surface area contributed by atoms with E-state index in [1.807, 2.05) is 36.9 Å². The maximum atomic E-state index is 13.0. The Morgan fingerprint density at radius 2 is 2.13 bits per heavy atom. The van der Waals surface area contributed by atoms with Gasteiger partial charge in [0.05, 0.1) is 30.3 Å². The van der Waals surface area contributed by atoms with Gasteiger partial charge in [0.25, 0.3) is 5.56 Å². The number of carbonyl (C=O) groups is 1. The van der Waals surface area contributed by atoms with Crippen LogP contribution in [0.25, 0.3) is 10.9 Å². The van der Waals surface area contributed by atoms with E-state index in [0.717, 1.165) is 16.8 Å². The minimum atomic E-state index is -1.07. The van der Waals surface area contributed by atoms with Crippen molar-refractivity contribution in [3.63, 3.8) is 0 Å². The van der Waals surface area contributed by atoms with E-state index >= 15 is 0 Å². The number of rotatable bonds is 5. The Hall–Kier alpha value is -3.62. The summed E-state index contributed by atoms with van der Waals surface area (Å²) in [6.45, 7) is 5.45. The number of benzene rings is 1. The summed E-state index contributed by atoms with van der Waals surface area (Å²) >= 11 is 0. The normalized spacial score (nSPS) is 13.4. The highest BCUT2D eigenvalue weighted by atomic mass is 16.5. The van der Waals surface area contributed by atoms with E-state index < -0.39 is 6.09 Å². The van der Waals surface area contributed by atoms with Crippen molar-refractivity contribution in [3.8, 4) is 5.75 Å². The number of fused-ring (bicyclic) bond motifs is 2. The molecule has 0 radical (unpaired) electrons. The Labute approximate surface area is 179 Å². The van der Waals surface area contributed by atoms with E-state index in [4.69, 9.17) is 14.8 Å². The van der Waals surface area contributed by atoms with E-state index in [-0.39, 0.29) is 18.0 Å². The molecule has 0 fully saturated rings. The highest BCUT2D eigenvalue weighted by Gasteiger charge is 2.21. The molecule has 162 valence electrons. The minimum Gasteiger partial charge on any atom is -0.497 e. The molecule has 9 nitrogen and oxygen atoms in total. The van der Waals surface area contributed by atoms with Crippen LogP contribution in [-0.2, 0) is 19.5 Å². The van der Waals surface area contributed by atoms with Gasteiger partial charge >= 0.3 is 6.09 Å². The fraction of sp³-hybridized carbons (Fsp3) is 0.364. The maximum absolute atomic E-state index is 13.0. The highest BCUT2D eigenvalue weighted by molar-refractivity contribution is 5.84. The second-order valence-electron chi connectivity index (χ2n) is 7.89. The summed E-state index contributed by atoms with van der Waals surface area (Å²) in [6, 6.07) is 7.45. The molecule has 3 aromatic rings. The van der Waals surface area contributed by atoms with Gasteiger partial charge in [-0.1, -0.05) is 19.9 Å². The average molecular weight is 423 g/mol. The third kappa shape index (κ3) is 4.16. The number of carboxylic acid groups (broad SMARTS) is 1. The number of pyridine rings is 1. The second-order valence-corrected chi connectivity index (χ2v) is 7.89. The molecule has 3 heterocycles. The Morgan fingerprint density at radius 3 is 2.84 bits per heavy atom. The number of nitrogens with zero attached hydrogens (tertiary/aromatic N) is 3. The number of aromatic amines is 1. The first-order valence-corrected chi connectivity index (χ1v) is 10.2. The van der Waals surface area contributed by atoms with Crippen LogP contribution in [0.1, 0.15) is 42.3 Å². The molecule has 2 aromatic heterocycles. The lowest BCUT2D eigenvalue weighted by molar-refractivity contribution is 0.194. The Morgan fingerprint density at radius 1 is 1.32 bits per heavy atom. The summed E-state index contributed by atoms with van der Waals surface area (Å²) in [6.07, 6.45) is -0.401. The third-order valence-electron chi connectivity index (χ3n) is 5.48. The zero-order chi connectivity index (χ0) is 22.1. The van der Waals surface area contributed by atoms with Crippen LogP contribution in [0.2, 0.25) is 0 Å². The molecule has 1 aliphatic heterocycles. The molecule has 3 N–H and O–H groups in total. The zero-order valence-electron chi connectivity index (χ0n) is 17.7. The van der Waals surface area contributed by atoms with Gasteiger partial charge in [0.2, 0.25) is 5.95 Å². The smallest absolute Gasteiger partial charge is 0.404 e. The van der Waals surface area contributed by atoms with Gasteiger partial charge in [-0.25, -0.2) is 9.78 Å². The van der Waals surface area contributed by atoms with Crippen molar-refractivity contribution >= 4 is 22.9 Å². The molecule has 1 aliphatic rings. The van der Waals surface area contributed by atoms with Crippen molar-refractivity contribution in [1.82, 2.24) is 20.3 Å². The molecule has 4 rings (SSSR count). The topological polar surface area (TPSA) is 120 Å². The molecule has 0 unspecified atom stereocenters. The average Bonchev–Trinajstić information content (AvgIpc) is 2.76. The van der Waals surface area contributed by atoms with E-state index in [1.54, 1.807) is 13.2 Å². The van der Waals surface area contributed by atoms with Crippen LogP contribution in [0.4, 0.5) is 10.7 Å². The summed E-state index contributed by atoms with van der Waals surface area (Å²) in [4.78, 5) is 37.9. The number of anilines is 1. The molecule has 0 aliphatic carbocycles. The first kappa shape index (κ1) is 20.6. The molecule has 9 heteroatoms. The SMILES string of the molecule is COc1cc(C(C)C)c2c(=O)[nH]c(N3CCc4nc(CNC(=O)O)ccc4C3)nc2c1. The number of nitrogens with one attached hydrogen (secondary N) is 2. The number of ether oxygens (including phenoxy) is 1. The van der Waals surface area contributed by atoms with Crippen LogP contribution < -0.4 is 20.5 Å². The summed E-state index contributed by atoms with van der Waals surface area (Å²) < 4.78 is 5.41. The second kappa shape index (κ2) is 8.25. The molecular weight excluding hydrogens is 398 g/mol. The fourth-order valence-corrected chi connectivity index (χ4v) is 3.89. The Kier molecular flexibility index (Phi) is 5.50. The van der Waals surface area contributed by atoms with Gasteiger partial charge in [0.1, 0.15) is 5.75 Å². The molecular formula is C22H25N5O4. The molecule has 1 amide bonds. The molecule has 1 aromatic carbocycles. The highest BCUT2D eigenvalue weighted by Crippen LogP contribution is 2.29. The van der Waals surface area contributed by atoms with Gasteiger partial charge in [0.15, 0.2) is 0 Å². The van der Waals surface area contributed by atoms with Crippen LogP contribution in [0, 0.1) is 0 Å². The summed E-state index contributed by atoms with van der Waals surface area (Å²) in [5.74, 6) is 1.35. The molecule has 31 heavy (non-hydrogen) atoms. The summed E-state index contributed by atoms with van der Waals surface area (Å²) in [5, 5.41) is 11.7. The quantitative estimate of drug-likeness (QED) is 0.577. The van der Waals surface area contributed by atoms with Crippen molar-refractivity contribution in [2.75, 3.05) is 18.6 Å². The van der Waals surface area contributed by atoms with E-state index in [0.29, 0.717) is 47.8 Å². The third-order valence-corrected chi connectivity index (χ3v) is 5.48. The van der Waals surface area contributed by atoms with Crippen molar-refractivity contribution in [3.05, 3.63) is 57.1 Å². The van der Waals surface area contributed by atoms with Gasteiger partial charge in [-0.3, -0.25) is 14.8 Å². The van der Waals surface area contributed by atoms with Gasteiger partial charge in [-0.2, -0.15) is 0 Å². The maximum Gasteiger partial charge on any atom is 0.404 e. The van der Waals surface area contributed by atoms with Gasteiger partial charge in [-0.15, -0.1) is 0 Å². The van der Waals surface area contributed by atoms with Crippen LogP contribution >= 0.6 is 0 Å². The van der Waals surface area contributed by atoms with Crippen LogP contribution in [0.3, 0.4) is 0 Å². The largest absolute Gasteiger partial charge is 0.497 e. The Balaban J connectivity index is 1.66. The van der Waals surface area contributed by atoms with Gasteiger partial charge in [-0.05, 0) is 29.2 Å².